The van der Waals surface area contributed by atoms with E-state index in [1.807, 2.05) is 53.4 Å². The number of likely N-dealkylation sites (tertiary alicyclic amines) is 1. The number of hydrogen-bond acceptors (Lipinski definition) is 4. The highest BCUT2D eigenvalue weighted by Crippen LogP contribution is 2.37. The number of benzene rings is 2. The van der Waals surface area contributed by atoms with Crippen LogP contribution in [-0.2, 0) is 9.59 Å². The fourth-order valence-electron chi connectivity index (χ4n) is 3.95. The minimum Gasteiger partial charge on any atom is -0.493 e. The number of rotatable bonds is 7. The summed E-state index contributed by atoms with van der Waals surface area (Å²) in [4.78, 5) is 26.8. The Bertz CT molecular complexity index is 853. The second kappa shape index (κ2) is 9.45. The predicted molar refractivity (Wildman–Crippen MR) is 111 cm³/mol. The van der Waals surface area contributed by atoms with Crippen molar-refractivity contribution in [1.82, 2.24) is 10.2 Å². The molecule has 2 unspecified atom stereocenters. The first-order valence-electron chi connectivity index (χ1n) is 9.87. The molecule has 0 aromatic heterocycles. The SMILES string of the molecule is COc1ccc(C2CCCN2C(=O)CC(NC(C)=O)c2ccccc2)cc1OC. The Kier molecular flexibility index (Phi) is 6.75. The number of nitrogens with zero attached hydrogens (tertiary/aromatic N) is 1. The van der Waals surface area contributed by atoms with Gasteiger partial charge in [0, 0.05) is 13.5 Å². The molecule has 0 aliphatic carbocycles. The van der Waals surface area contributed by atoms with Crippen LogP contribution in [-0.4, -0.2) is 37.5 Å². The van der Waals surface area contributed by atoms with Crippen LogP contribution >= 0.6 is 0 Å². The van der Waals surface area contributed by atoms with Gasteiger partial charge in [-0.2, -0.15) is 0 Å². The van der Waals surface area contributed by atoms with Crippen LogP contribution < -0.4 is 14.8 Å². The van der Waals surface area contributed by atoms with Gasteiger partial charge in [-0.3, -0.25) is 9.59 Å². The Morgan fingerprint density at radius 2 is 1.83 bits per heavy atom. The summed E-state index contributed by atoms with van der Waals surface area (Å²) in [6.45, 7) is 2.18. The van der Waals surface area contributed by atoms with Gasteiger partial charge in [0.2, 0.25) is 11.8 Å². The average molecular weight is 396 g/mol. The van der Waals surface area contributed by atoms with Gasteiger partial charge in [-0.05, 0) is 36.1 Å². The number of hydrogen-bond donors (Lipinski definition) is 1. The van der Waals surface area contributed by atoms with Gasteiger partial charge >= 0.3 is 0 Å². The Labute approximate surface area is 171 Å². The van der Waals surface area contributed by atoms with E-state index in [-0.39, 0.29) is 30.3 Å². The average Bonchev–Trinajstić information content (AvgIpc) is 3.23. The summed E-state index contributed by atoms with van der Waals surface area (Å²) < 4.78 is 10.7. The first-order chi connectivity index (χ1) is 14.0. The minimum atomic E-state index is -0.340. The highest BCUT2D eigenvalue weighted by atomic mass is 16.5. The van der Waals surface area contributed by atoms with Crippen molar-refractivity contribution in [2.24, 2.45) is 0 Å². The molecule has 0 bridgehead atoms. The van der Waals surface area contributed by atoms with E-state index in [1.54, 1.807) is 14.2 Å². The molecule has 1 aliphatic rings. The van der Waals surface area contributed by atoms with E-state index in [4.69, 9.17) is 9.47 Å². The summed E-state index contributed by atoms with van der Waals surface area (Å²) in [5.41, 5.74) is 1.96. The molecule has 2 atom stereocenters. The summed E-state index contributed by atoms with van der Waals surface area (Å²) in [6.07, 6.45) is 2.08. The van der Waals surface area contributed by atoms with E-state index in [1.165, 1.54) is 6.92 Å². The number of carbonyl (C=O) groups excluding carboxylic acids is 2. The van der Waals surface area contributed by atoms with Crippen LogP contribution in [0.2, 0.25) is 0 Å². The van der Waals surface area contributed by atoms with Crippen molar-refractivity contribution in [1.29, 1.82) is 0 Å². The normalized spacial score (nSPS) is 16.9. The second-order valence-electron chi connectivity index (χ2n) is 7.23. The lowest BCUT2D eigenvalue weighted by Gasteiger charge is -2.28. The topological polar surface area (TPSA) is 67.9 Å². The van der Waals surface area contributed by atoms with E-state index < -0.39 is 0 Å². The van der Waals surface area contributed by atoms with Crippen LogP contribution in [0.5, 0.6) is 11.5 Å². The molecule has 1 fully saturated rings. The fraction of sp³-hybridized carbons (Fsp3) is 0.391. The lowest BCUT2D eigenvalue weighted by atomic mass is 10.0. The van der Waals surface area contributed by atoms with Crippen LogP contribution in [0.15, 0.2) is 48.5 Å². The zero-order valence-corrected chi connectivity index (χ0v) is 17.2. The Balaban J connectivity index is 1.79. The first-order valence-corrected chi connectivity index (χ1v) is 9.87. The van der Waals surface area contributed by atoms with Crippen LogP contribution in [0.1, 0.15) is 49.4 Å². The van der Waals surface area contributed by atoms with E-state index in [2.05, 4.69) is 5.32 Å². The summed E-state index contributed by atoms with van der Waals surface area (Å²) >= 11 is 0. The molecule has 1 heterocycles. The van der Waals surface area contributed by atoms with Crippen LogP contribution in [0.3, 0.4) is 0 Å². The third-order valence-corrected chi connectivity index (χ3v) is 5.32. The van der Waals surface area contributed by atoms with E-state index in [0.717, 1.165) is 24.0 Å². The molecule has 2 aromatic carbocycles. The van der Waals surface area contributed by atoms with E-state index in [0.29, 0.717) is 18.0 Å². The monoisotopic (exact) mass is 396 g/mol. The van der Waals surface area contributed by atoms with Gasteiger partial charge in [0.1, 0.15) is 0 Å². The molecule has 29 heavy (non-hydrogen) atoms. The lowest BCUT2D eigenvalue weighted by molar-refractivity contribution is -0.133. The van der Waals surface area contributed by atoms with Crippen molar-refractivity contribution in [2.75, 3.05) is 20.8 Å². The van der Waals surface area contributed by atoms with Gasteiger partial charge in [0.25, 0.3) is 0 Å². The van der Waals surface area contributed by atoms with Crippen molar-refractivity contribution in [2.45, 2.75) is 38.3 Å². The highest BCUT2D eigenvalue weighted by molar-refractivity contribution is 5.80. The zero-order chi connectivity index (χ0) is 20.8. The van der Waals surface area contributed by atoms with Crippen LogP contribution in [0, 0.1) is 0 Å². The Morgan fingerprint density at radius 1 is 1.10 bits per heavy atom. The van der Waals surface area contributed by atoms with Crippen molar-refractivity contribution in [3.63, 3.8) is 0 Å². The molecule has 3 rings (SSSR count). The standard InChI is InChI=1S/C23H28N2O4/c1-16(26)24-19(17-8-5-4-6-9-17)15-23(27)25-13-7-10-20(25)18-11-12-21(28-2)22(14-18)29-3/h4-6,8-9,11-12,14,19-20H,7,10,13,15H2,1-3H3,(H,24,26). The maximum absolute atomic E-state index is 13.2. The molecule has 6 heteroatoms. The van der Waals surface area contributed by atoms with Crippen molar-refractivity contribution >= 4 is 11.8 Å². The molecule has 6 nitrogen and oxygen atoms in total. The van der Waals surface area contributed by atoms with Gasteiger partial charge in [-0.15, -0.1) is 0 Å². The summed E-state index contributed by atoms with van der Waals surface area (Å²) in [5.74, 6) is 1.21. The summed E-state index contributed by atoms with van der Waals surface area (Å²) in [7, 11) is 3.21. The Hall–Kier alpha value is -3.02. The zero-order valence-electron chi connectivity index (χ0n) is 17.2. The molecule has 1 saturated heterocycles. The summed E-state index contributed by atoms with van der Waals surface area (Å²) in [5, 5.41) is 2.92. The molecule has 0 radical (unpaired) electrons. The third kappa shape index (κ3) is 4.88. The molecule has 2 amide bonds. The Morgan fingerprint density at radius 3 is 2.48 bits per heavy atom. The van der Waals surface area contributed by atoms with Crippen molar-refractivity contribution < 1.29 is 19.1 Å². The van der Waals surface area contributed by atoms with Gasteiger partial charge in [-0.1, -0.05) is 36.4 Å². The maximum Gasteiger partial charge on any atom is 0.225 e. The van der Waals surface area contributed by atoms with Gasteiger partial charge in [-0.25, -0.2) is 0 Å². The largest absolute Gasteiger partial charge is 0.493 e. The molecule has 154 valence electrons. The van der Waals surface area contributed by atoms with Crippen LogP contribution in [0.4, 0.5) is 0 Å². The number of amides is 2. The number of methoxy groups -OCH3 is 2. The first kappa shape index (κ1) is 20.7. The second-order valence-corrected chi connectivity index (χ2v) is 7.23. The number of ether oxygens (including phenoxy) is 2. The lowest BCUT2D eigenvalue weighted by Crippen LogP contribution is -2.35. The van der Waals surface area contributed by atoms with Crippen molar-refractivity contribution in [3.8, 4) is 11.5 Å². The fourth-order valence-corrected chi connectivity index (χ4v) is 3.95. The molecule has 0 spiro atoms. The minimum absolute atomic E-state index is 0.00365. The summed E-state index contributed by atoms with van der Waals surface area (Å²) in [6, 6.07) is 15.1. The molecule has 2 aromatic rings. The quantitative estimate of drug-likeness (QED) is 0.776. The molecule has 1 N–H and O–H groups in total. The molecular formula is C23H28N2O4. The number of carbonyl (C=O) groups is 2. The smallest absolute Gasteiger partial charge is 0.225 e. The van der Waals surface area contributed by atoms with E-state index >= 15 is 0 Å². The predicted octanol–water partition coefficient (Wildman–Crippen LogP) is 3.63. The van der Waals surface area contributed by atoms with E-state index in [9.17, 15) is 9.59 Å². The van der Waals surface area contributed by atoms with Crippen LogP contribution in [0.25, 0.3) is 0 Å². The van der Waals surface area contributed by atoms with Gasteiger partial charge in [0.05, 0.1) is 32.7 Å². The number of nitrogens with one attached hydrogen (secondary N) is 1. The molecular weight excluding hydrogens is 368 g/mol. The highest BCUT2D eigenvalue weighted by Gasteiger charge is 2.32. The van der Waals surface area contributed by atoms with Gasteiger partial charge < -0.3 is 19.7 Å². The molecule has 1 aliphatic heterocycles. The third-order valence-electron chi connectivity index (χ3n) is 5.32. The molecule has 0 saturated carbocycles. The van der Waals surface area contributed by atoms with Crippen molar-refractivity contribution in [3.05, 3.63) is 59.7 Å². The van der Waals surface area contributed by atoms with Gasteiger partial charge in [0.15, 0.2) is 11.5 Å². The maximum atomic E-state index is 13.2.